The van der Waals surface area contributed by atoms with Gasteiger partial charge in [-0.1, -0.05) is 0 Å². The largest absolute Gasteiger partial charge is 0.390 e. The van der Waals surface area contributed by atoms with Crippen molar-refractivity contribution in [1.29, 1.82) is 0 Å². The van der Waals surface area contributed by atoms with Crippen molar-refractivity contribution < 1.29 is 18.7 Å². The third-order valence-corrected chi connectivity index (χ3v) is 2.26. The molecule has 0 radical (unpaired) electrons. The van der Waals surface area contributed by atoms with E-state index in [9.17, 15) is 14.0 Å². The SMILES string of the molecule is Cc1cc(F)cc(N2CC(=O)OC(=O)C2)c1. The van der Waals surface area contributed by atoms with Crippen molar-refractivity contribution in [2.45, 2.75) is 6.92 Å². The molecule has 0 atom stereocenters. The Labute approximate surface area is 91.6 Å². The van der Waals surface area contributed by atoms with Gasteiger partial charge in [0, 0.05) is 5.69 Å². The normalized spacial score (nSPS) is 16.2. The molecule has 0 unspecified atom stereocenters. The lowest BCUT2D eigenvalue weighted by molar-refractivity contribution is -0.160. The number of esters is 2. The van der Waals surface area contributed by atoms with Gasteiger partial charge in [-0.15, -0.1) is 0 Å². The number of morpholine rings is 1. The number of anilines is 1. The second kappa shape index (κ2) is 3.92. The van der Waals surface area contributed by atoms with Crippen molar-refractivity contribution in [2.75, 3.05) is 18.0 Å². The fraction of sp³-hybridized carbons (Fsp3) is 0.273. The number of cyclic esters (lactones) is 2. The van der Waals surface area contributed by atoms with Gasteiger partial charge in [-0.2, -0.15) is 0 Å². The molecule has 1 aromatic carbocycles. The summed E-state index contributed by atoms with van der Waals surface area (Å²) >= 11 is 0. The predicted octanol–water partition coefficient (Wildman–Crippen LogP) is 1.02. The topological polar surface area (TPSA) is 46.6 Å². The summed E-state index contributed by atoms with van der Waals surface area (Å²) in [4.78, 5) is 23.6. The quantitative estimate of drug-likeness (QED) is 0.527. The number of carbonyl (C=O) groups is 2. The van der Waals surface area contributed by atoms with Crippen molar-refractivity contribution in [3.8, 4) is 0 Å². The van der Waals surface area contributed by atoms with Gasteiger partial charge in [0.25, 0.3) is 0 Å². The molecular formula is C11H10FNO3. The van der Waals surface area contributed by atoms with E-state index in [2.05, 4.69) is 4.74 Å². The molecule has 1 heterocycles. The van der Waals surface area contributed by atoms with Crippen molar-refractivity contribution >= 4 is 17.6 Å². The van der Waals surface area contributed by atoms with E-state index in [0.29, 0.717) is 5.69 Å². The summed E-state index contributed by atoms with van der Waals surface area (Å²) in [6.45, 7) is 1.68. The molecule has 1 fully saturated rings. The molecule has 0 aromatic heterocycles. The maximum atomic E-state index is 13.1. The lowest BCUT2D eigenvalue weighted by Gasteiger charge is -2.26. The molecule has 84 valence electrons. The summed E-state index contributed by atoms with van der Waals surface area (Å²) in [7, 11) is 0. The van der Waals surface area contributed by atoms with Crippen molar-refractivity contribution in [3.05, 3.63) is 29.6 Å². The molecule has 1 aliphatic heterocycles. The summed E-state index contributed by atoms with van der Waals surface area (Å²) in [5, 5.41) is 0. The van der Waals surface area contributed by atoms with Gasteiger partial charge in [-0.05, 0) is 30.7 Å². The Morgan fingerprint density at radius 3 is 2.38 bits per heavy atom. The molecule has 1 aromatic rings. The number of benzene rings is 1. The molecule has 4 nitrogen and oxygen atoms in total. The van der Waals surface area contributed by atoms with Gasteiger partial charge in [-0.3, -0.25) is 0 Å². The zero-order valence-corrected chi connectivity index (χ0v) is 8.70. The van der Waals surface area contributed by atoms with Crippen LogP contribution < -0.4 is 4.90 Å². The molecule has 0 bridgehead atoms. The van der Waals surface area contributed by atoms with Gasteiger partial charge in [0.15, 0.2) is 0 Å². The van der Waals surface area contributed by atoms with Crippen LogP contribution in [0.4, 0.5) is 10.1 Å². The Bertz CT molecular complexity index is 422. The molecule has 16 heavy (non-hydrogen) atoms. The van der Waals surface area contributed by atoms with E-state index in [1.165, 1.54) is 17.0 Å². The standard InChI is InChI=1S/C11H10FNO3/c1-7-2-8(12)4-9(3-7)13-5-10(14)16-11(15)6-13/h2-4H,5-6H2,1H3. The van der Waals surface area contributed by atoms with Crippen LogP contribution in [0, 0.1) is 12.7 Å². The van der Waals surface area contributed by atoms with Crippen LogP contribution in [0.2, 0.25) is 0 Å². The Morgan fingerprint density at radius 2 is 1.81 bits per heavy atom. The number of carbonyl (C=O) groups excluding carboxylic acids is 2. The van der Waals surface area contributed by atoms with E-state index in [-0.39, 0.29) is 18.9 Å². The molecular weight excluding hydrogens is 213 g/mol. The number of aryl methyl sites for hydroxylation is 1. The van der Waals surface area contributed by atoms with Crippen LogP contribution in [-0.2, 0) is 14.3 Å². The van der Waals surface area contributed by atoms with Crippen molar-refractivity contribution in [3.63, 3.8) is 0 Å². The average molecular weight is 223 g/mol. The lowest BCUT2D eigenvalue weighted by Crippen LogP contribution is -2.43. The predicted molar refractivity (Wildman–Crippen MR) is 54.4 cm³/mol. The minimum atomic E-state index is -0.613. The number of nitrogens with zero attached hydrogens (tertiary/aromatic N) is 1. The summed E-state index contributed by atoms with van der Waals surface area (Å²) in [5.74, 6) is -1.61. The van der Waals surface area contributed by atoms with E-state index in [4.69, 9.17) is 0 Å². The zero-order valence-electron chi connectivity index (χ0n) is 8.70. The van der Waals surface area contributed by atoms with E-state index >= 15 is 0 Å². The highest BCUT2D eigenvalue weighted by Crippen LogP contribution is 2.19. The van der Waals surface area contributed by atoms with Crippen LogP contribution >= 0.6 is 0 Å². The van der Waals surface area contributed by atoms with Gasteiger partial charge < -0.3 is 9.64 Å². The fourth-order valence-corrected chi connectivity index (χ4v) is 1.64. The number of hydrogen-bond donors (Lipinski definition) is 0. The summed E-state index contributed by atoms with van der Waals surface area (Å²) in [6, 6.07) is 4.39. The highest BCUT2D eigenvalue weighted by molar-refractivity contribution is 5.94. The minimum Gasteiger partial charge on any atom is -0.390 e. The van der Waals surface area contributed by atoms with Crippen molar-refractivity contribution in [2.24, 2.45) is 0 Å². The van der Waals surface area contributed by atoms with Crippen molar-refractivity contribution in [1.82, 2.24) is 0 Å². The fourth-order valence-electron chi connectivity index (χ4n) is 1.64. The Kier molecular flexibility index (Phi) is 2.60. The Balaban J connectivity index is 2.29. The molecule has 1 aliphatic rings. The monoisotopic (exact) mass is 223 g/mol. The van der Waals surface area contributed by atoms with Crippen LogP contribution in [0.3, 0.4) is 0 Å². The molecule has 0 saturated carbocycles. The van der Waals surface area contributed by atoms with Crippen LogP contribution in [0.25, 0.3) is 0 Å². The lowest BCUT2D eigenvalue weighted by atomic mass is 10.2. The first-order valence-electron chi connectivity index (χ1n) is 4.80. The number of halogens is 1. The van der Waals surface area contributed by atoms with E-state index in [0.717, 1.165) is 5.56 Å². The molecule has 5 heteroatoms. The number of hydrogen-bond acceptors (Lipinski definition) is 4. The van der Waals surface area contributed by atoms with Crippen LogP contribution in [0.5, 0.6) is 0 Å². The van der Waals surface area contributed by atoms with E-state index in [1.807, 2.05) is 0 Å². The average Bonchev–Trinajstić information content (AvgIpc) is 2.14. The Hall–Kier alpha value is -1.91. The molecule has 1 saturated heterocycles. The molecule has 0 N–H and O–H groups in total. The molecule has 0 aliphatic carbocycles. The highest BCUT2D eigenvalue weighted by atomic mass is 19.1. The zero-order chi connectivity index (χ0) is 11.7. The van der Waals surface area contributed by atoms with Gasteiger partial charge in [0.2, 0.25) is 0 Å². The minimum absolute atomic E-state index is 0.0331. The van der Waals surface area contributed by atoms with Crippen LogP contribution in [0.1, 0.15) is 5.56 Å². The van der Waals surface area contributed by atoms with Crippen LogP contribution in [0.15, 0.2) is 18.2 Å². The van der Waals surface area contributed by atoms with Gasteiger partial charge >= 0.3 is 11.9 Å². The highest BCUT2D eigenvalue weighted by Gasteiger charge is 2.25. The van der Waals surface area contributed by atoms with Crippen LogP contribution in [-0.4, -0.2) is 25.0 Å². The first-order valence-corrected chi connectivity index (χ1v) is 4.80. The molecule has 0 amide bonds. The second-order valence-corrected chi connectivity index (χ2v) is 3.69. The first kappa shape index (κ1) is 10.6. The van der Waals surface area contributed by atoms with Gasteiger partial charge in [0.05, 0.1) is 0 Å². The van der Waals surface area contributed by atoms with E-state index < -0.39 is 11.9 Å². The van der Waals surface area contributed by atoms with E-state index in [1.54, 1.807) is 13.0 Å². The Morgan fingerprint density at radius 1 is 1.19 bits per heavy atom. The third-order valence-electron chi connectivity index (χ3n) is 2.26. The maximum absolute atomic E-state index is 13.1. The smallest absolute Gasteiger partial charge is 0.333 e. The maximum Gasteiger partial charge on any atom is 0.333 e. The molecule has 0 spiro atoms. The first-order chi connectivity index (χ1) is 7.54. The second-order valence-electron chi connectivity index (χ2n) is 3.69. The summed E-state index contributed by atoms with van der Waals surface area (Å²) < 4.78 is 17.5. The van der Waals surface area contributed by atoms with Gasteiger partial charge in [-0.25, -0.2) is 14.0 Å². The third kappa shape index (κ3) is 2.18. The summed E-state index contributed by atoms with van der Waals surface area (Å²) in [6.07, 6.45) is 0. The molecule has 2 rings (SSSR count). The number of rotatable bonds is 1. The number of ether oxygens (including phenoxy) is 1. The summed E-state index contributed by atoms with van der Waals surface area (Å²) in [5.41, 5.74) is 1.25. The van der Waals surface area contributed by atoms with Gasteiger partial charge in [0.1, 0.15) is 18.9 Å².